The van der Waals surface area contributed by atoms with Gasteiger partial charge in [-0.05, 0) is 18.4 Å². The molecule has 0 amide bonds. The number of hydrogen-bond acceptors (Lipinski definition) is 3. The smallest absolute Gasteiger partial charge is 0.210 e. The minimum absolute atomic E-state index is 0.527. The Kier molecular flexibility index (Phi) is 17.1. The highest BCUT2D eigenvalue weighted by atomic mass is 32.2. The first kappa shape index (κ1) is 29.7. The standard InChI is InChI=1S/C28H48N2O2S/c1-3-5-7-9-11-13-15-20-24-30(25-21-16-14-12-10-8-6-4-2)33(31,32)28(26-29)27-22-18-17-19-23-27/h17-19,22-23,28H,3-16,20-21,24-25H2,1-2H3. The van der Waals surface area contributed by atoms with Gasteiger partial charge in [-0.3, -0.25) is 0 Å². The van der Waals surface area contributed by atoms with Crippen molar-refractivity contribution in [1.29, 1.82) is 5.26 Å². The third kappa shape index (κ3) is 12.6. The summed E-state index contributed by atoms with van der Waals surface area (Å²) in [5, 5.41) is 8.61. The molecule has 33 heavy (non-hydrogen) atoms. The van der Waals surface area contributed by atoms with Gasteiger partial charge in [0, 0.05) is 13.1 Å². The summed E-state index contributed by atoms with van der Waals surface area (Å²) in [7, 11) is -3.70. The Hall–Kier alpha value is -1.38. The van der Waals surface area contributed by atoms with Crippen LogP contribution in [-0.2, 0) is 10.0 Å². The lowest BCUT2D eigenvalue weighted by molar-refractivity contribution is 0.380. The van der Waals surface area contributed by atoms with Crippen LogP contribution in [-0.4, -0.2) is 25.8 Å². The molecule has 1 aromatic carbocycles. The van der Waals surface area contributed by atoms with Gasteiger partial charge < -0.3 is 0 Å². The second kappa shape index (κ2) is 19.0. The minimum atomic E-state index is -3.70. The van der Waals surface area contributed by atoms with Crippen molar-refractivity contribution in [3.8, 4) is 6.07 Å². The largest absolute Gasteiger partial charge is 0.234 e. The van der Waals surface area contributed by atoms with Gasteiger partial charge >= 0.3 is 0 Å². The van der Waals surface area contributed by atoms with Crippen LogP contribution in [0.2, 0.25) is 0 Å². The molecule has 0 heterocycles. The fourth-order valence-corrected chi connectivity index (χ4v) is 6.00. The Balaban J connectivity index is 2.61. The summed E-state index contributed by atoms with van der Waals surface area (Å²) >= 11 is 0. The molecule has 1 aromatic rings. The normalized spacial score (nSPS) is 12.7. The number of rotatable bonds is 21. The third-order valence-corrected chi connectivity index (χ3v) is 8.46. The van der Waals surface area contributed by atoms with E-state index in [1.165, 1.54) is 64.2 Å². The maximum absolute atomic E-state index is 13.4. The van der Waals surface area contributed by atoms with Gasteiger partial charge in [0.2, 0.25) is 10.0 Å². The Morgan fingerprint density at radius 2 is 1.09 bits per heavy atom. The monoisotopic (exact) mass is 476 g/mol. The van der Waals surface area contributed by atoms with Crippen molar-refractivity contribution in [3.05, 3.63) is 35.9 Å². The highest BCUT2D eigenvalue weighted by Crippen LogP contribution is 2.26. The van der Waals surface area contributed by atoms with Crippen LogP contribution in [0, 0.1) is 11.3 Å². The zero-order valence-corrected chi connectivity index (χ0v) is 22.1. The van der Waals surface area contributed by atoms with Gasteiger partial charge in [0.25, 0.3) is 0 Å². The van der Waals surface area contributed by atoms with Gasteiger partial charge in [0.1, 0.15) is 0 Å². The fourth-order valence-electron chi connectivity index (χ4n) is 4.30. The van der Waals surface area contributed by atoms with Crippen LogP contribution in [0.25, 0.3) is 0 Å². The average Bonchev–Trinajstić information content (AvgIpc) is 2.82. The predicted molar refractivity (Wildman–Crippen MR) is 141 cm³/mol. The van der Waals surface area contributed by atoms with E-state index in [9.17, 15) is 13.7 Å². The van der Waals surface area contributed by atoms with Crippen LogP contribution in [0.5, 0.6) is 0 Å². The van der Waals surface area contributed by atoms with Gasteiger partial charge in [-0.1, -0.05) is 134 Å². The number of benzene rings is 1. The highest BCUT2D eigenvalue weighted by Gasteiger charge is 2.32. The summed E-state index contributed by atoms with van der Waals surface area (Å²) < 4.78 is 28.5. The zero-order valence-electron chi connectivity index (χ0n) is 21.3. The lowest BCUT2D eigenvalue weighted by Crippen LogP contribution is -2.36. The molecule has 1 atom stereocenters. The van der Waals surface area contributed by atoms with E-state index in [0.29, 0.717) is 18.7 Å². The highest BCUT2D eigenvalue weighted by molar-refractivity contribution is 7.89. The fraction of sp³-hybridized carbons (Fsp3) is 0.750. The Morgan fingerprint density at radius 1 is 0.697 bits per heavy atom. The second-order valence-electron chi connectivity index (χ2n) is 9.31. The van der Waals surface area contributed by atoms with Crippen LogP contribution < -0.4 is 0 Å². The SMILES string of the molecule is CCCCCCCCCCN(CCCCCCCCCC)S(=O)(=O)C(C#N)c1ccccc1. The summed E-state index contributed by atoms with van der Waals surface area (Å²) in [4.78, 5) is 0. The van der Waals surface area contributed by atoms with E-state index in [2.05, 4.69) is 19.9 Å². The topological polar surface area (TPSA) is 61.2 Å². The van der Waals surface area contributed by atoms with Crippen LogP contribution >= 0.6 is 0 Å². The number of hydrogen-bond donors (Lipinski definition) is 0. The quantitative estimate of drug-likeness (QED) is 0.168. The molecule has 4 nitrogen and oxygen atoms in total. The van der Waals surface area contributed by atoms with Crippen LogP contribution in [0.3, 0.4) is 0 Å². The van der Waals surface area contributed by atoms with Gasteiger partial charge in [-0.15, -0.1) is 0 Å². The lowest BCUT2D eigenvalue weighted by Gasteiger charge is -2.25. The molecular weight excluding hydrogens is 428 g/mol. The van der Waals surface area contributed by atoms with Crippen molar-refractivity contribution in [3.63, 3.8) is 0 Å². The number of nitriles is 1. The van der Waals surface area contributed by atoms with E-state index < -0.39 is 15.3 Å². The van der Waals surface area contributed by atoms with E-state index in [4.69, 9.17) is 0 Å². The van der Waals surface area contributed by atoms with Crippen molar-refractivity contribution < 1.29 is 8.42 Å². The van der Waals surface area contributed by atoms with Crippen molar-refractivity contribution in [2.75, 3.05) is 13.1 Å². The summed E-state index contributed by atoms with van der Waals surface area (Å²) in [6.07, 6.45) is 18.9. The maximum Gasteiger partial charge on any atom is 0.234 e. The van der Waals surface area contributed by atoms with Crippen LogP contribution in [0.1, 0.15) is 127 Å². The van der Waals surface area contributed by atoms with Crippen molar-refractivity contribution >= 4 is 10.0 Å². The third-order valence-electron chi connectivity index (χ3n) is 6.40. The summed E-state index contributed by atoms with van der Waals surface area (Å²) in [5.74, 6) is 0. The lowest BCUT2D eigenvalue weighted by atomic mass is 10.1. The van der Waals surface area contributed by atoms with E-state index in [1.807, 2.05) is 6.07 Å². The molecule has 0 N–H and O–H groups in total. The van der Waals surface area contributed by atoms with E-state index in [1.54, 1.807) is 28.6 Å². The van der Waals surface area contributed by atoms with Crippen molar-refractivity contribution in [2.45, 2.75) is 122 Å². The van der Waals surface area contributed by atoms with Gasteiger partial charge in [-0.25, -0.2) is 12.7 Å². The maximum atomic E-state index is 13.4. The first-order valence-corrected chi connectivity index (χ1v) is 15.0. The van der Waals surface area contributed by atoms with Gasteiger partial charge in [0.15, 0.2) is 5.25 Å². The predicted octanol–water partition coefficient (Wildman–Crippen LogP) is 8.16. The van der Waals surface area contributed by atoms with Gasteiger partial charge in [-0.2, -0.15) is 5.26 Å². The number of unbranched alkanes of at least 4 members (excludes halogenated alkanes) is 14. The van der Waals surface area contributed by atoms with Crippen LogP contribution in [0.4, 0.5) is 0 Å². The van der Waals surface area contributed by atoms with E-state index >= 15 is 0 Å². The molecule has 1 rings (SSSR count). The van der Waals surface area contributed by atoms with E-state index in [0.717, 1.165) is 38.5 Å². The molecular formula is C28H48N2O2S. The summed E-state index contributed by atoms with van der Waals surface area (Å²) in [6.45, 7) is 5.51. The molecule has 1 unspecified atom stereocenters. The molecule has 5 heteroatoms. The molecule has 0 aromatic heterocycles. The molecule has 0 aliphatic carbocycles. The van der Waals surface area contributed by atoms with Crippen molar-refractivity contribution in [2.24, 2.45) is 0 Å². The van der Waals surface area contributed by atoms with Crippen LogP contribution in [0.15, 0.2) is 30.3 Å². The molecule has 0 aliphatic heterocycles. The molecule has 0 bridgehead atoms. The molecule has 0 radical (unpaired) electrons. The second-order valence-corrected chi connectivity index (χ2v) is 11.3. The Morgan fingerprint density at radius 3 is 1.48 bits per heavy atom. The average molecular weight is 477 g/mol. The summed E-state index contributed by atoms with van der Waals surface area (Å²) in [6, 6.07) is 11.0. The number of nitrogens with zero attached hydrogens (tertiary/aromatic N) is 2. The Labute approximate surface area is 204 Å². The zero-order chi connectivity index (χ0) is 24.2. The van der Waals surface area contributed by atoms with Crippen molar-refractivity contribution in [1.82, 2.24) is 4.31 Å². The molecule has 0 fully saturated rings. The van der Waals surface area contributed by atoms with E-state index in [-0.39, 0.29) is 0 Å². The first-order valence-electron chi connectivity index (χ1n) is 13.5. The summed E-state index contributed by atoms with van der Waals surface area (Å²) in [5.41, 5.74) is 0.567. The molecule has 0 saturated heterocycles. The first-order chi connectivity index (χ1) is 16.1. The molecule has 0 aliphatic rings. The minimum Gasteiger partial charge on any atom is -0.210 e. The number of sulfonamides is 1. The molecule has 0 saturated carbocycles. The molecule has 0 spiro atoms. The molecule has 188 valence electrons. The Bertz CT molecular complexity index is 708. The van der Waals surface area contributed by atoms with Gasteiger partial charge in [0.05, 0.1) is 6.07 Å².